The molecule has 1 heterocycles. The molecule has 0 bridgehead atoms. The zero-order valence-electron chi connectivity index (χ0n) is 15.4. The van der Waals surface area contributed by atoms with Gasteiger partial charge in [-0.2, -0.15) is 13.2 Å². The van der Waals surface area contributed by atoms with Crippen molar-refractivity contribution in [2.24, 2.45) is 0 Å². The Kier molecular flexibility index (Phi) is 6.92. The number of ketones is 1. The standard InChI is InChI=1S/C19H17F3N2O5/c1-11(25)14-5-3-4-6-15(14)24-17(26)12(2)29-18(27)13-7-8-16(23-9-13)28-10-19(20,21)22/h3-9,12H,10H2,1-2H3,(H,24,26). The first-order chi connectivity index (χ1) is 13.6. The number of Topliss-reactive ketones (excluding diaryl/α,β-unsaturated/α-hetero) is 1. The maximum atomic E-state index is 12.2. The molecule has 0 spiro atoms. The highest BCUT2D eigenvalue weighted by atomic mass is 19.4. The fourth-order valence-corrected chi connectivity index (χ4v) is 2.16. The van der Waals surface area contributed by atoms with Crippen molar-refractivity contribution >= 4 is 23.3 Å². The zero-order valence-corrected chi connectivity index (χ0v) is 15.4. The van der Waals surface area contributed by atoms with Gasteiger partial charge in [0.1, 0.15) is 0 Å². The Morgan fingerprint density at radius 3 is 2.41 bits per heavy atom. The fourth-order valence-electron chi connectivity index (χ4n) is 2.16. The van der Waals surface area contributed by atoms with E-state index in [1.54, 1.807) is 18.2 Å². The number of nitrogens with zero attached hydrogens (tertiary/aromatic N) is 1. The number of ether oxygens (including phenoxy) is 2. The topological polar surface area (TPSA) is 94.6 Å². The van der Waals surface area contributed by atoms with Gasteiger partial charge in [-0.15, -0.1) is 0 Å². The van der Waals surface area contributed by atoms with E-state index in [1.807, 2.05) is 0 Å². The highest BCUT2D eigenvalue weighted by Crippen LogP contribution is 2.18. The lowest BCUT2D eigenvalue weighted by Crippen LogP contribution is -2.30. The van der Waals surface area contributed by atoms with Crippen LogP contribution in [0, 0.1) is 0 Å². The SMILES string of the molecule is CC(=O)c1ccccc1NC(=O)C(C)OC(=O)c1ccc(OCC(F)(F)F)nc1. The van der Waals surface area contributed by atoms with Gasteiger partial charge in [-0.1, -0.05) is 12.1 Å². The van der Waals surface area contributed by atoms with E-state index >= 15 is 0 Å². The van der Waals surface area contributed by atoms with E-state index < -0.39 is 30.8 Å². The molecule has 2 rings (SSSR count). The number of nitrogens with one attached hydrogen (secondary N) is 1. The van der Waals surface area contributed by atoms with E-state index in [1.165, 1.54) is 19.9 Å². The number of aromatic nitrogens is 1. The second-order valence-electron chi connectivity index (χ2n) is 5.93. The van der Waals surface area contributed by atoms with Gasteiger partial charge in [-0.25, -0.2) is 9.78 Å². The summed E-state index contributed by atoms with van der Waals surface area (Å²) in [4.78, 5) is 39.5. The van der Waals surface area contributed by atoms with E-state index in [9.17, 15) is 27.6 Å². The summed E-state index contributed by atoms with van der Waals surface area (Å²) in [5.74, 6) is -2.12. The average molecular weight is 410 g/mol. The van der Waals surface area contributed by atoms with Crippen LogP contribution < -0.4 is 10.1 Å². The van der Waals surface area contributed by atoms with Gasteiger partial charge in [-0.3, -0.25) is 9.59 Å². The fraction of sp³-hybridized carbons (Fsp3) is 0.263. The van der Waals surface area contributed by atoms with Crippen LogP contribution in [-0.4, -0.2) is 41.5 Å². The van der Waals surface area contributed by atoms with Gasteiger partial charge in [0.15, 0.2) is 18.5 Å². The number of amides is 1. The number of alkyl halides is 3. The predicted octanol–water partition coefficient (Wildman–Crippen LogP) is 3.41. The first kappa shape index (κ1) is 21.9. The first-order valence-electron chi connectivity index (χ1n) is 8.34. The second-order valence-corrected chi connectivity index (χ2v) is 5.93. The summed E-state index contributed by atoms with van der Waals surface area (Å²) >= 11 is 0. The number of benzene rings is 1. The number of carbonyl (C=O) groups is 3. The van der Waals surface area contributed by atoms with Gasteiger partial charge >= 0.3 is 12.1 Å². The number of rotatable bonds is 7. The minimum atomic E-state index is -4.51. The average Bonchev–Trinajstić information content (AvgIpc) is 2.66. The van der Waals surface area contributed by atoms with Crippen LogP contribution in [0.5, 0.6) is 5.88 Å². The zero-order chi connectivity index (χ0) is 21.6. The molecule has 10 heteroatoms. The minimum absolute atomic E-state index is 0.0758. The Bertz CT molecular complexity index is 897. The van der Waals surface area contributed by atoms with Gasteiger partial charge in [-0.05, 0) is 32.0 Å². The number of hydrogen-bond donors (Lipinski definition) is 1. The molecular weight excluding hydrogens is 393 g/mol. The Balaban J connectivity index is 1.96. The summed E-state index contributed by atoms with van der Waals surface area (Å²) in [6, 6.07) is 8.60. The minimum Gasteiger partial charge on any atom is -0.468 e. The molecule has 0 saturated heterocycles. The molecular formula is C19H17F3N2O5. The molecule has 1 unspecified atom stereocenters. The summed E-state index contributed by atoms with van der Waals surface area (Å²) < 4.78 is 45.8. The van der Waals surface area contributed by atoms with Crippen LogP contribution in [-0.2, 0) is 9.53 Å². The third-order valence-corrected chi connectivity index (χ3v) is 3.57. The molecule has 0 aliphatic carbocycles. The molecule has 0 saturated carbocycles. The van der Waals surface area contributed by atoms with Crippen LogP contribution in [0.15, 0.2) is 42.6 Å². The summed E-state index contributed by atoms with van der Waals surface area (Å²) in [6.07, 6.45) is -4.74. The van der Waals surface area contributed by atoms with Crippen LogP contribution >= 0.6 is 0 Å². The lowest BCUT2D eigenvalue weighted by atomic mass is 10.1. The Labute approximate surface area is 163 Å². The second kappa shape index (κ2) is 9.18. The number of hydrogen-bond acceptors (Lipinski definition) is 6. The van der Waals surface area contributed by atoms with Crippen molar-refractivity contribution in [1.82, 2.24) is 4.98 Å². The molecule has 0 radical (unpaired) electrons. The number of halogens is 3. The van der Waals surface area contributed by atoms with Crippen molar-refractivity contribution in [2.45, 2.75) is 26.1 Å². The summed E-state index contributed by atoms with van der Waals surface area (Å²) in [5, 5.41) is 2.51. The van der Waals surface area contributed by atoms with Gasteiger partial charge in [0.2, 0.25) is 5.88 Å². The molecule has 1 N–H and O–H groups in total. The normalized spacial score (nSPS) is 12.0. The molecule has 1 atom stereocenters. The number of anilines is 1. The molecule has 1 aromatic heterocycles. The third-order valence-electron chi connectivity index (χ3n) is 3.57. The highest BCUT2D eigenvalue weighted by Gasteiger charge is 2.28. The quantitative estimate of drug-likeness (QED) is 0.555. The number of pyridine rings is 1. The molecule has 0 aliphatic heterocycles. The van der Waals surface area contributed by atoms with E-state index in [4.69, 9.17) is 4.74 Å². The van der Waals surface area contributed by atoms with Crippen LogP contribution in [0.3, 0.4) is 0 Å². The Morgan fingerprint density at radius 1 is 1.14 bits per heavy atom. The van der Waals surface area contributed by atoms with Crippen molar-refractivity contribution in [3.05, 3.63) is 53.7 Å². The largest absolute Gasteiger partial charge is 0.468 e. The van der Waals surface area contributed by atoms with Crippen molar-refractivity contribution in [3.8, 4) is 5.88 Å². The maximum Gasteiger partial charge on any atom is 0.422 e. The smallest absolute Gasteiger partial charge is 0.422 e. The highest BCUT2D eigenvalue weighted by molar-refractivity contribution is 6.05. The molecule has 29 heavy (non-hydrogen) atoms. The monoisotopic (exact) mass is 410 g/mol. The van der Waals surface area contributed by atoms with E-state index in [0.717, 1.165) is 18.3 Å². The summed E-state index contributed by atoms with van der Waals surface area (Å²) in [7, 11) is 0. The van der Waals surface area contributed by atoms with Crippen LogP contribution in [0.1, 0.15) is 34.6 Å². The number of carbonyl (C=O) groups excluding carboxylic acids is 3. The predicted molar refractivity (Wildman–Crippen MR) is 95.7 cm³/mol. The van der Waals surface area contributed by atoms with Crippen molar-refractivity contribution in [2.75, 3.05) is 11.9 Å². The Hall–Kier alpha value is -3.43. The van der Waals surface area contributed by atoms with Crippen LogP contribution in [0.4, 0.5) is 18.9 Å². The van der Waals surface area contributed by atoms with Crippen molar-refractivity contribution in [1.29, 1.82) is 0 Å². The first-order valence-corrected chi connectivity index (χ1v) is 8.34. The molecule has 0 fully saturated rings. The molecule has 1 amide bonds. The summed E-state index contributed by atoms with van der Waals surface area (Å²) in [6.45, 7) is 1.17. The van der Waals surface area contributed by atoms with E-state index in [2.05, 4.69) is 15.0 Å². The molecule has 1 aromatic carbocycles. The van der Waals surface area contributed by atoms with E-state index in [0.29, 0.717) is 5.56 Å². The Morgan fingerprint density at radius 2 is 1.83 bits per heavy atom. The van der Waals surface area contributed by atoms with Gasteiger partial charge < -0.3 is 14.8 Å². The maximum absolute atomic E-state index is 12.2. The lowest BCUT2D eigenvalue weighted by molar-refractivity contribution is -0.154. The van der Waals surface area contributed by atoms with Crippen LogP contribution in [0.2, 0.25) is 0 Å². The van der Waals surface area contributed by atoms with Crippen molar-refractivity contribution < 1.29 is 37.0 Å². The van der Waals surface area contributed by atoms with Crippen molar-refractivity contribution in [3.63, 3.8) is 0 Å². The molecule has 154 valence electrons. The molecule has 7 nitrogen and oxygen atoms in total. The van der Waals surface area contributed by atoms with Gasteiger partial charge in [0, 0.05) is 17.8 Å². The van der Waals surface area contributed by atoms with Gasteiger partial charge in [0.05, 0.1) is 11.3 Å². The number of para-hydroxylation sites is 1. The number of esters is 1. The van der Waals surface area contributed by atoms with E-state index in [-0.39, 0.29) is 22.9 Å². The van der Waals surface area contributed by atoms with Gasteiger partial charge in [0.25, 0.3) is 5.91 Å². The van der Waals surface area contributed by atoms with Crippen LogP contribution in [0.25, 0.3) is 0 Å². The molecule has 2 aromatic rings. The lowest BCUT2D eigenvalue weighted by Gasteiger charge is -2.15. The molecule has 0 aliphatic rings. The third kappa shape index (κ3) is 6.59. The summed E-state index contributed by atoms with van der Waals surface area (Å²) in [5.41, 5.74) is 0.506.